The van der Waals surface area contributed by atoms with Crippen molar-refractivity contribution in [3.63, 3.8) is 0 Å². The van der Waals surface area contributed by atoms with Gasteiger partial charge < -0.3 is 20.4 Å². The van der Waals surface area contributed by atoms with Crippen molar-refractivity contribution in [3.05, 3.63) is 10.5 Å². The van der Waals surface area contributed by atoms with Gasteiger partial charge in [-0.25, -0.2) is 4.79 Å². The maximum atomic E-state index is 12.3. The Morgan fingerprint density at radius 2 is 1.85 bits per heavy atom. The summed E-state index contributed by atoms with van der Waals surface area (Å²) in [6.45, 7) is 6.90. The van der Waals surface area contributed by atoms with Gasteiger partial charge in [-0.2, -0.15) is 9.97 Å². The van der Waals surface area contributed by atoms with E-state index in [0.717, 1.165) is 32.2 Å². The number of likely N-dealkylation sites (tertiary alicyclic amines) is 1. The number of nitrogens with two attached hydrogens (primary N) is 1. The Morgan fingerprint density at radius 1 is 1.07 bits per heavy atom. The highest BCUT2D eigenvalue weighted by Gasteiger charge is 2.14. The molecule has 3 heterocycles. The first kappa shape index (κ1) is 19.7. The molecule has 0 saturated carbocycles. The number of aromatic amines is 1. The summed E-state index contributed by atoms with van der Waals surface area (Å²) in [4.78, 5) is 26.2. The van der Waals surface area contributed by atoms with Gasteiger partial charge in [0.05, 0.1) is 6.61 Å². The third-order valence-corrected chi connectivity index (χ3v) is 5.16. The fourth-order valence-corrected chi connectivity index (χ4v) is 3.58. The molecular formula is C19H32N6O2. The standard InChI is InChI=1S/C19H32N6O2/c1-2-3-14-27-18-22-16(20)15-17(23-18)25(19(26)21-15)13-9-5-8-12-24-10-6-4-7-11-24/h2-14H2,1H3,(H,21,26)(H2,20,22,23). The van der Waals surface area contributed by atoms with E-state index in [2.05, 4.69) is 26.8 Å². The van der Waals surface area contributed by atoms with Crippen LogP contribution >= 0.6 is 0 Å². The number of aryl methyl sites for hydroxylation is 1. The zero-order chi connectivity index (χ0) is 19.1. The lowest BCUT2D eigenvalue weighted by Gasteiger charge is -2.26. The predicted octanol–water partition coefficient (Wildman–Crippen LogP) is 2.54. The van der Waals surface area contributed by atoms with Gasteiger partial charge in [-0.15, -0.1) is 0 Å². The lowest BCUT2D eigenvalue weighted by Crippen LogP contribution is -2.30. The molecular weight excluding hydrogens is 344 g/mol. The second-order valence-electron chi connectivity index (χ2n) is 7.34. The molecule has 0 aliphatic carbocycles. The van der Waals surface area contributed by atoms with Crippen molar-refractivity contribution in [1.29, 1.82) is 0 Å². The molecule has 0 aromatic carbocycles. The van der Waals surface area contributed by atoms with E-state index in [-0.39, 0.29) is 17.5 Å². The first-order chi connectivity index (χ1) is 13.2. The average molecular weight is 377 g/mol. The number of H-pyrrole nitrogens is 1. The number of hydrogen-bond acceptors (Lipinski definition) is 6. The number of imidazole rings is 1. The Hall–Kier alpha value is -2.09. The van der Waals surface area contributed by atoms with Crippen molar-refractivity contribution < 1.29 is 4.74 Å². The highest BCUT2D eigenvalue weighted by molar-refractivity contribution is 5.81. The summed E-state index contributed by atoms with van der Waals surface area (Å²) in [5, 5.41) is 0. The van der Waals surface area contributed by atoms with Gasteiger partial charge in [0, 0.05) is 6.54 Å². The minimum absolute atomic E-state index is 0.187. The van der Waals surface area contributed by atoms with E-state index in [1.54, 1.807) is 4.57 Å². The van der Waals surface area contributed by atoms with Crippen LogP contribution in [0.5, 0.6) is 6.01 Å². The number of unbranched alkanes of at least 4 members (excludes halogenated alkanes) is 3. The van der Waals surface area contributed by atoms with Crippen molar-refractivity contribution >= 4 is 17.0 Å². The molecule has 1 aliphatic rings. The number of aromatic nitrogens is 4. The summed E-state index contributed by atoms with van der Waals surface area (Å²) in [6.07, 6.45) is 9.19. The van der Waals surface area contributed by atoms with E-state index >= 15 is 0 Å². The Kier molecular flexibility index (Phi) is 7.09. The van der Waals surface area contributed by atoms with Crippen molar-refractivity contribution in [2.24, 2.45) is 0 Å². The maximum absolute atomic E-state index is 12.3. The molecule has 0 radical (unpaired) electrons. The van der Waals surface area contributed by atoms with Gasteiger partial charge >= 0.3 is 11.7 Å². The highest BCUT2D eigenvalue weighted by atomic mass is 16.5. The monoisotopic (exact) mass is 376 g/mol. The highest BCUT2D eigenvalue weighted by Crippen LogP contribution is 2.18. The summed E-state index contributed by atoms with van der Waals surface area (Å²) >= 11 is 0. The van der Waals surface area contributed by atoms with E-state index in [1.165, 1.54) is 38.8 Å². The summed E-state index contributed by atoms with van der Waals surface area (Å²) in [7, 11) is 0. The summed E-state index contributed by atoms with van der Waals surface area (Å²) in [6, 6.07) is 0.242. The minimum Gasteiger partial charge on any atom is -0.463 e. The lowest BCUT2D eigenvalue weighted by molar-refractivity contribution is 0.224. The van der Waals surface area contributed by atoms with Crippen molar-refractivity contribution in [2.45, 2.75) is 64.8 Å². The molecule has 0 amide bonds. The zero-order valence-electron chi connectivity index (χ0n) is 16.4. The number of nitrogens with one attached hydrogen (secondary N) is 1. The normalized spacial score (nSPS) is 15.4. The van der Waals surface area contributed by atoms with E-state index < -0.39 is 0 Å². The van der Waals surface area contributed by atoms with Crippen LogP contribution < -0.4 is 16.2 Å². The molecule has 0 atom stereocenters. The third-order valence-electron chi connectivity index (χ3n) is 5.16. The van der Waals surface area contributed by atoms with E-state index in [4.69, 9.17) is 10.5 Å². The molecule has 0 spiro atoms. The quantitative estimate of drug-likeness (QED) is 0.618. The maximum Gasteiger partial charge on any atom is 0.327 e. The number of hydrogen-bond donors (Lipinski definition) is 2. The smallest absolute Gasteiger partial charge is 0.327 e. The fraction of sp³-hybridized carbons (Fsp3) is 0.737. The second kappa shape index (κ2) is 9.73. The lowest BCUT2D eigenvalue weighted by atomic mass is 10.1. The molecule has 1 fully saturated rings. The Balaban J connectivity index is 1.57. The number of piperidine rings is 1. The van der Waals surface area contributed by atoms with Gasteiger partial charge in [0.2, 0.25) is 0 Å². The van der Waals surface area contributed by atoms with Crippen molar-refractivity contribution in [3.8, 4) is 6.01 Å². The topological polar surface area (TPSA) is 102 Å². The zero-order valence-corrected chi connectivity index (χ0v) is 16.4. The van der Waals surface area contributed by atoms with E-state index in [0.29, 0.717) is 24.3 Å². The van der Waals surface area contributed by atoms with Crippen LogP contribution in [0.3, 0.4) is 0 Å². The van der Waals surface area contributed by atoms with Crippen LogP contribution in [-0.2, 0) is 6.54 Å². The van der Waals surface area contributed by atoms with E-state index in [9.17, 15) is 4.79 Å². The number of rotatable bonds is 10. The first-order valence-corrected chi connectivity index (χ1v) is 10.3. The number of fused-ring (bicyclic) bond motifs is 1. The number of anilines is 1. The van der Waals surface area contributed by atoms with Crippen LogP contribution in [0.2, 0.25) is 0 Å². The van der Waals surface area contributed by atoms with Gasteiger partial charge in [0.25, 0.3) is 0 Å². The molecule has 1 saturated heterocycles. The van der Waals surface area contributed by atoms with Crippen LogP contribution in [0, 0.1) is 0 Å². The van der Waals surface area contributed by atoms with Gasteiger partial charge in [-0.3, -0.25) is 4.57 Å². The molecule has 1 aliphatic heterocycles. The molecule has 2 aromatic heterocycles. The summed E-state index contributed by atoms with van der Waals surface area (Å²) in [5.74, 6) is 0.257. The summed E-state index contributed by atoms with van der Waals surface area (Å²) < 4.78 is 7.23. The minimum atomic E-state index is -0.187. The molecule has 8 heteroatoms. The largest absolute Gasteiger partial charge is 0.463 e. The average Bonchev–Trinajstić information content (AvgIpc) is 2.99. The number of ether oxygens (including phenoxy) is 1. The van der Waals surface area contributed by atoms with Crippen LogP contribution in [-0.4, -0.2) is 50.7 Å². The van der Waals surface area contributed by atoms with Crippen LogP contribution in [0.15, 0.2) is 4.79 Å². The van der Waals surface area contributed by atoms with Crippen molar-refractivity contribution in [1.82, 2.24) is 24.4 Å². The molecule has 2 aromatic rings. The Morgan fingerprint density at radius 3 is 2.63 bits per heavy atom. The molecule has 150 valence electrons. The van der Waals surface area contributed by atoms with Crippen LogP contribution in [0.25, 0.3) is 11.2 Å². The number of nitrogen functional groups attached to an aromatic ring is 1. The molecule has 0 unspecified atom stereocenters. The third kappa shape index (κ3) is 5.22. The fourth-order valence-electron chi connectivity index (χ4n) is 3.58. The van der Waals surface area contributed by atoms with Gasteiger partial charge in [0.15, 0.2) is 11.5 Å². The number of nitrogens with zero attached hydrogens (tertiary/aromatic N) is 4. The van der Waals surface area contributed by atoms with Gasteiger partial charge in [0.1, 0.15) is 5.52 Å². The molecule has 3 N–H and O–H groups in total. The predicted molar refractivity (Wildman–Crippen MR) is 107 cm³/mol. The van der Waals surface area contributed by atoms with E-state index in [1.807, 2.05) is 0 Å². The molecule has 3 rings (SSSR count). The molecule has 27 heavy (non-hydrogen) atoms. The molecule has 8 nitrogen and oxygen atoms in total. The van der Waals surface area contributed by atoms with Gasteiger partial charge in [-0.1, -0.05) is 26.2 Å². The van der Waals surface area contributed by atoms with Crippen LogP contribution in [0.1, 0.15) is 58.3 Å². The van der Waals surface area contributed by atoms with Crippen molar-refractivity contribution in [2.75, 3.05) is 32.0 Å². The van der Waals surface area contributed by atoms with Crippen LogP contribution in [0.4, 0.5) is 5.82 Å². The Bertz CT molecular complexity index is 778. The second-order valence-corrected chi connectivity index (χ2v) is 7.34. The summed E-state index contributed by atoms with van der Waals surface area (Å²) in [5.41, 5.74) is 6.83. The SMILES string of the molecule is CCCCOc1nc(N)c2[nH]c(=O)n(CCCCCN3CCCCC3)c2n1. The first-order valence-electron chi connectivity index (χ1n) is 10.3. The van der Waals surface area contributed by atoms with Gasteiger partial charge in [-0.05, 0) is 51.7 Å². The Labute approximate surface area is 160 Å². The molecule has 0 bridgehead atoms.